The van der Waals surface area contributed by atoms with Crippen molar-refractivity contribution < 1.29 is 19.4 Å². The number of aliphatic hydroxyl groups excluding tert-OH is 1. The van der Waals surface area contributed by atoms with E-state index in [1.807, 2.05) is 18.9 Å². The number of nitrogens with one attached hydrogen (secondary N) is 1. The van der Waals surface area contributed by atoms with Gasteiger partial charge in [0.15, 0.2) is 0 Å². The molecule has 2 aliphatic rings. The number of pyridine rings is 1. The van der Waals surface area contributed by atoms with E-state index in [0.717, 1.165) is 19.4 Å². The lowest BCUT2D eigenvalue weighted by atomic mass is 9.67. The lowest BCUT2D eigenvalue weighted by Gasteiger charge is -2.53. The van der Waals surface area contributed by atoms with Gasteiger partial charge in [-0.1, -0.05) is 0 Å². The first kappa shape index (κ1) is 20.5. The molecular weight excluding hydrogens is 360 g/mol. The fraction of sp³-hybridized carbons (Fsp3) is 0.650. The molecule has 2 saturated heterocycles. The van der Waals surface area contributed by atoms with Crippen molar-refractivity contribution in [2.45, 2.75) is 32.2 Å². The van der Waals surface area contributed by atoms with Crippen LogP contribution in [0.1, 0.15) is 36.5 Å². The van der Waals surface area contributed by atoms with Gasteiger partial charge in [-0.3, -0.25) is 9.59 Å². The standard InChI is InChI=1S/C20H30N4O4/c1-3-28-17-15(6-4-9-21-17)18(26)24-11-5-7-20(19(27)22-10-13-25)8-12-23(2)14-16(20)24/h4,6,9,16,25H,3,5,7-8,10-14H2,1-2H3,(H,22,27)/t16-,20+/m0/s1. The molecule has 2 fully saturated rings. The second kappa shape index (κ2) is 8.87. The van der Waals surface area contributed by atoms with Crippen LogP contribution in [-0.2, 0) is 4.79 Å². The molecule has 2 aliphatic heterocycles. The van der Waals surface area contributed by atoms with E-state index in [0.29, 0.717) is 37.6 Å². The van der Waals surface area contributed by atoms with E-state index in [2.05, 4.69) is 15.2 Å². The third-order valence-corrected chi connectivity index (χ3v) is 5.85. The molecule has 154 valence electrons. The Hall–Kier alpha value is -2.19. The normalized spacial score (nSPS) is 25.1. The molecule has 28 heavy (non-hydrogen) atoms. The predicted molar refractivity (Wildman–Crippen MR) is 104 cm³/mol. The van der Waals surface area contributed by atoms with E-state index in [1.54, 1.807) is 18.3 Å². The molecule has 0 radical (unpaired) electrons. The van der Waals surface area contributed by atoms with Crippen molar-refractivity contribution in [3.05, 3.63) is 23.9 Å². The van der Waals surface area contributed by atoms with Crippen molar-refractivity contribution in [1.82, 2.24) is 20.1 Å². The summed E-state index contributed by atoms with van der Waals surface area (Å²) in [6.45, 7) is 4.47. The van der Waals surface area contributed by atoms with Crippen molar-refractivity contribution in [2.24, 2.45) is 5.41 Å². The van der Waals surface area contributed by atoms with Crippen LogP contribution in [0, 0.1) is 5.41 Å². The molecular formula is C20H30N4O4. The fourth-order valence-electron chi connectivity index (χ4n) is 4.45. The fourth-order valence-corrected chi connectivity index (χ4v) is 4.45. The molecule has 3 heterocycles. The van der Waals surface area contributed by atoms with Crippen LogP contribution < -0.4 is 10.1 Å². The molecule has 0 unspecified atom stereocenters. The van der Waals surface area contributed by atoms with Gasteiger partial charge in [-0.25, -0.2) is 4.98 Å². The Kier molecular flexibility index (Phi) is 6.51. The molecule has 0 saturated carbocycles. The first-order valence-electron chi connectivity index (χ1n) is 10.00. The summed E-state index contributed by atoms with van der Waals surface area (Å²) in [5.41, 5.74) is -0.187. The lowest BCUT2D eigenvalue weighted by Crippen LogP contribution is -2.66. The highest BCUT2D eigenvalue weighted by Gasteiger charge is 2.53. The van der Waals surface area contributed by atoms with Crippen LogP contribution in [0.4, 0.5) is 0 Å². The van der Waals surface area contributed by atoms with Crippen molar-refractivity contribution >= 4 is 11.8 Å². The van der Waals surface area contributed by atoms with Gasteiger partial charge >= 0.3 is 0 Å². The van der Waals surface area contributed by atoms with Gasteiger partial charge in [-0.05, 0) is 51.9 Å². The summed E-state index contributed by atoms with van der Waals surface area (Å²) >= 11 is 0. The van der Waals surface area contributed by atoms with Crippen molar-refractivity contribution in [2.75, 3.05) is 46.4 Å². The zero-order chi connectivity index (χ0) is 20.1. The minimum absolute atomic E-state index is 0.0617. The minimum Gasteiger partial charge on any atom is -0.477 e. The second-order valence-electron chi connectivity index (χ2n) is 7.55. The summed E-state index contributed by atoms with van der Waals surface area (Å²) < 4.78 is 5.56. The smallest absolute Gasteiger partial charge is 0.259 e. The highest BCUT2D eigenvalue weighted by molar-refractivity contribution is 5.97. The van der Waals surface area contributed by atoms with Gasteiger partial charge in [0.25, 0.3) is 5.91 Å². The summed E-state index contributed by atoms with van der Waals surface area (Å²) in [6.07, 6.45) is 3.82. The number of likely N-dealkylation sites (N-methyl/N-ethyl adjacent to an activating group) is 1. The highest BCUT2D eigenvalue weighted by Crippen LogP contribution is 2.43. The number of likely N-dealkylation sites (tertiary alicyclic amines) is 2. The number of carbonyl (C=O) groups excluding carboxylic acids is 2. The maximum absolute atomic E-state index is 13.5. The largest absolute Gasteiger partial charge is 0.477 e. The Morgan fingerprint density at radius 3 is 2.96 bits per heavy atom. The minimum atomic E-state index is -0.621. The summed E-state index contributed by atoms with van der Waals surface area (Å²) in [6, 6.07) is 3.24. The number of amides is 2. The van der Waals surface area contributed by atoms with Crippen LogP contribution in [0.15, 0.2) is 18.3 Å². The number of hydrogen-bond acceptors (Lipinski definition) is 6. The van der Waals surface area contributed by atoms with E-state index in [9.17, 15) is 9.59 Å². The maximum Gasteiger partial charge on any atom is 0.259 e. The van der Waals surface area contributed by atoms with Crippen molar-refractivity contribution in [3.63, 3.8) is 0 Å². The molecule has 0 aliphatic carbocycles. The number of piperidine rings is 2. The maximum atomic E-state index is 13.5. The Morgan fingerprint density at radius 2 is 2.21 bits per heavy atom. The van der Waals surface area contributed by atoms with Crippen LogP contribution in [0.25, 0.3) is 0 Å². The van der Waals surface area contributed by atoms with Gasteiger partial charge in [0.1, 0.15) is 5.56 Å². The molecule has 8 nitrogen and oxygen atoms in total. The molecule has 1 aromatic heterocycles. The summed E-state index contributed by atoms with van der Waals surface area (Å²) in [7, 11) is 2.02. The monoisotopic (exact) mass is 390 g/mol. The average Bonchev–Trinajstić information content (AvgIpc) is 2.71. The van der Waals surface area contributed by atoms with E-state index in [1.165, 1.54) is 0 Å². The van der Waals surface area contributed by atoms with Gasteiger partial charge in [-0.15, -0.1) is 0 Å². The van der Waals surface area contributed by atoms with Crippen molar-refractivity contribution in [1.29, 1.82) is 0 Å². The van der Waals surface area contributed by atoms with Gasteiger partial charge in [0.05, 0.1) is 24.7 Å². The van der Waals surface area contributed by atoms with Crippen LogP contribution in [-0.4, -0.2) is 84.2 Å². The van der Waals surface area contributed by atoms with Gasteiger partial charge in [-0.2, -0.15) is 0 Å². The molecule has 2 atom stereocenters. The number of aliphatic hydroxyl groups is 1. The Balaban J connectivity index is 1.92. The highest BCUT2D eigenvalue weighted by atomic mass is 16.5. The summed E-state index contributed by atoms with van der Waals surface area (Å²) in [4.78, 5) is 34.7. The first-order chi connectivity index (χ1) is 13.5. The van der Waals surface area contributed by atoms with E-state index >= 15 is 0 Å². The number of rotatable bonds is 6. The van der Waals surface area contributed by atoms with Crippen LogP contribution in [0.3, 0.4) is 0 Å². The molecule has 0 spiro atoms. The average molecular weight is 390 g/mol. The second-order valence-corrected chi connectivity index (χ2v) is 7.55. The molecule has 2 N–H and O–H groups in total. The quantitative estimate of drug-likeness (QED) is 0.735. The zero-order valence-corrected chi connectivity index (χ0v) is 16.7. The van der Waals surface area contributed by atoms with Crippen LogP contribution >= 0.6 is 0 Å². The summed E-state index contributed by atoms with van der Waals surface area (Å²) in [5, 5.41) is 12.0. The summed E-state index contributed by atoms with van der Waals surface area (Å²) in [5.74, 6) is 0.129. The molecule has 0 aromatic carbocycles. The molecule has 8 heteroatoms. The Bertz CT molecular complexity index is 713. The molecule has 0 bridgehead atoms. The zero-order valence-electron chi connectivity index (χ0n) is 16.7. The third-order valence-electron chi connectivity index (χ3n) is 5.85. The molecule has 3 rings (SSSR count). The SMILES string of the molecule is CCOc1ncccc1C(=O)N1CCC[C@@]2(C(=O)NCCO)CCN(C)C[C@H]12. The van der Waals surface area contributed by atoms with Crippen molar-refractivity contribution in [3.8, 4) is 5.88 Å². The number of fused-ring (bicyclic) bond motifs is 1. The van der Waals surface area contributed by atoms with E-state index < -0.39 is 5.41 Å². The number of nitrogens with zero attached hydrogens (tertiary/aromatic N) is 3. The van der Waals surface area contributed by atoms with Crippen LogP contribution in [0.5, 0.6) is 5.88 Å². The number of ether oxygens (including phenoxy) is 1. The first-order valence-corrected chi connectivity index (χ1v) is 10.00. The van der Waals surface area contributed by atoms with E-state index in [-0.39, 0.29) is 31.0 Å². The van der Waals surface area contributed by atoms with Crippen LogP contribution in [0.2, 0.25) is 0 Å². The Morgan fingerprint density at radius 1 is 1.39 bits per heavy atom. The number of hydrogen-bond donors (Lipinski definition) is 2. The Labute approximate surface area is 165 Å². The predicted octanol–water partition coefficient (Wildman–Crippen LogP) is 0.515. The van der Waals surface area contributed by atoms with Gasteiger partial charge in [0.2, 0.25) is 11.8 Å². The lowest BCUT2D eigenvalue weighted by molar-refractivity contribution is -0.142. The van der Waals surface area contributed by atoms with E-state index in [4.69, 9.17) is 9.84 Å². The number of aromatic nitrogens is 1. The molecule has 2 amide bonds. The van der Waals surface area contributed by atoms with Gasteiger partial charge < -0.3 is 25.0 Å². The van der Waals surface area contributed by atoms with Gasteiger partial charge in [0, 0.05) is 25.8 Å². The third kappa shape index (κ3) is 3.84. The number of carbonyl (C=O) groups is 2. The molecule has 1 aromatic rings. The topological polar surface area (TPSA) is 95.0 Å².